The number of hydrogen-bond acceptors (Lipinski definition) is 5. The van der Waals surface area contributed by atoms with Gasteiger partial charge in [-0.2, -0.15) is 0 Å². The monoisotopic (exact) mass is 491 g/mol. The Morgan fingerprint density at radius 1 is 1.32 bits per heavy atom. The van der Waals surface area contributed by atoms with Gasteiger partial charge in [-0.05, 0) is 12.5 Å². The molecule has 0 aliphatic carbocycles. The van der Waals surface area contributed by atoms with Crippen LogP contribution in [0.1, 0.15) is 38.9 Å². The summed E-state index contributed by atoms with van der Waals surface area (Å²) in [4.78, 5) is 41.2. The van der Waals surface area contributed by atoms with Crippen LogP contribution in [0.25, 0.3) is 0 Å². The molecule has 178 valence electrons. The highest BCUT2D eigenvalue weighted by Gasteiger charge is 2.56. The van der Waals surface area contributed by atoms with E-state index in [0.29, 0.717) is 19.6 Å². The normalized spacial score (nSPS) is 22.8. The number of ether oxygens (including phenoxy) is 2. The van der Waals surface area contributed by atoms with Crippen LogP contribution >= 0.6 is 11.6 Å². The molecule has 8 nitrogen and oxygen atoms in total. The molecule has 1 fully saturated rings. The van der Waals surface area contributed by atoms with Crippen molar-refractivity contribution in [3.8, 4) is 5.75 Å². The molecule has 34 heavy (non-hydrogen) atoms. The van der Waals surface area contributed by atoms with Crippen LogP contribution in [0.5, 0.6) is 5.75 Å². The van der Waals surface area contributed by atoms with E-state index in [1.165, 1.54) is 13.3 Å². The highest BCUT2D eigenvalue weighted by Crippen LogP contribution is 2.46. The van der Waals surface area contributed by atoms with Crippen LogP contribution in [0.4, 0.5) is 8.78 Å². The number of nitrogens with zero attached hydrogens (tertiary/aromatic N) is 2. The number of fused-ring (bicyclic) bond motifs is 2. The van der Waals surface area contributed by atoms with E-state index in [1.807, 2.05) is 12.2 Å². The molecule has 1 aromatic heterocycles. The van der Waals surface area contributed by atoms with Crippen molar-refractivity contribution >= 4 is 23.4 Å². The second-order valence-corrected chi connectivity index (χ2v) is 8.78. The van der Waals surface area contributed by atoms with Gasteiger partial charge in [-0.1, -0.05) is 29.8 Å². The van der Waals surface area contributed by atoms with E-state index >= 15 is 0 Å². The lowest BCUT2D eigenvalue weighted by Gasteiger charge is -2.49. The Balaban J connectivity index is 1.54. The van der Waals surface area contributed by atoms with Crippen LogP contribution in [0, 0.1) is 11.6 Å². The average molecular weight is 492 g/mol. The maximum atomic E-state index is 14.2. The van der Waals surface area contributed by atoms with Crippen molar-refractivity contribution < 1.29 is 27.8 Å². The summed E-state index contributed by atoms with van der Waals surface area (Å²) < 4.78 is 40.3. The molecule has 0 radical (unpaired) electrons. The molecule has 1 saturated heterocycles. The number of carbonyl (C=O) groups excluding carboxylic acids is 2. The third kappa shape index (κ3) is 3.16. The fourth-order valence-corrected chi connectivity index (χ4v) is 5.13. The number of halogens is 3. The highest BCUT2D eigenvalue weighted by atomic mass is 35.5. The zero-order valence-corrected chi connectivity index (χ0v) is 18.8. The Kier molecular flexibility index (Phi) is 5.44. The van der Waals surface area contributed by atoms with Gasteiger partial charge in [0, 0.05) is 24.8 Å². The molecule has 0 bridgehead atoms. The van der Waals surface area contributed by atoms with Crippen LogP contribution < -0.4 is 15.5 Å². The van der Waals surface area contributed by atoms with Gasteiger partial charge in [0.2, 0.25) is 5.43 Å². The molecule has 0 unspecified atom stereocenters. The minimum atomic E-state index is -0.997. The predicted molar refractivity (Wildman–Crippen MR) is 117 cm³/mol. The van der Waals surface area contributed by atoms with Gasteiger partial charge in [-0.15, -0.1) is 0 Å². The average Bonchev–Trinajstić information content (AvgIpc) is 3.25. The number of pyridine rings is 1. The number of rotatable bonds is 4. The third-order valence-corrected chi connectivity index (χ3v) is 7.04. The van der Waals surface area contributed by atoms with Crippen molar-refractivity contribution in [2.24, 2.45) is 0 Å². The molecule has 1 spiro atoms. The van der Waals surface area contributed by atoms with Crippen molar-refractivity contribution in [2.75, 3.05) is 26.9 Å². The molecule has 5 rings (SSSR count). The lowest BCUT2D eigenvalue weighted by molar-refractivity contribution is 0.0246. The first-order valence-corrected chi connectivity index (χ1v) is 11.0. The highest BCUT2D eigenvalue weighted by molar-refractivity contribution is 6.30. The predicted octanol–water partition coefficient (Wildman–Crippen LogP) is 2.44. The second kappa shape index (κ2) is 8.21. The zero-order valence-electron chi connectivity index (χ0n) is 18.1. The summed E-state index contributed by atoms with van der Waals surface area (Å²) >= 11 is 5.59. The maximum absolute atomic E-state index is 14.2. The molecule has 11 heteroatoms. The van der Waals surface area contributed by atoms with E-state index < -0.39 is 33.5 Å². The fraction of sp³-hybridized carbons (Fsp3) is 0.348. The van der Waals surface area contributed by atoms with Crippen LogP contribution in [0.3, 0.4) is 0 Å². The van der Waals surface area contributed by atoms with Gasteiger partial charge in [0.1, 0.15) is 22.2 Å². The molecule has 4 heterocycles. The Labute approximate surface area is 197 Å². The molecule has 1 aromatic carbocycles. The zero-order chi connectivity index (χ0) is 24.2. The number of carbonyl (C=O) groups is 2. The first-order chi connectivity index (χ1) is 16.3. The van der Waals surface area contributed by atoms with Crippen LogP contribution in [0.15, 0.2) is 35.3 Å². The topological polar surface area (TPSA) is 89.9 Å². The lowest BCUT2D eigenvalue weighted by atomic mass is 9.82. The maximum Gasteiger partial charge on any atom is 0.275 e. The Bertz CT molecular complexity index is 1310. The van der Waals surface area contributed by atoms with Gasteiger partial charge < -0.3 is 24.3 Å². The number of amides is 2. The standard InChI is InChI=1S/C23H20ClF2N3O5/c1-33-20-18-22(32)29-7-3-2-6-23(29)11-34-10-15(23)28(18)9-13(19(20)30)21(31)27-8-12-4-5-14(25)16(24)17(12)26/h2-5,9,15H,6-8,10-11H2,1H3,(H,27,31)/t15-,23+/m0/s1. The smallest absolute Gasteiger partial charge is 0.275 e. The summed E-state index contributed by atoms with van der Waals surface area (Å²) in [5, 5.41) is 1.78. The quantitative estimate of drug-likeness (QED) is 0.524. The summed E-state index contributed by atoms with van der Waals surface area (Å²) in [5.74, 6) is -3.35. The van der Waals surface area contributed by atoms with Gasteiger partial charge in [-0.25, -0.2) is 8.78 Å². The van der Waals surface area contributed by atoms with Crippen LogP contribution in [0.2, 0.25) is 5.02 Å². The van der Waals surface area contributed by atoms with Crippen LogP contribution in [-0.4, -0.2) is 53.7 Å². The second-order valence-electron chi connectivity index (χ2n) is 8.40. The van der Waals surface area contributed by atoms with E-state index in [2.05, 4.69) is 5.32 Å². The molecular weight excluding hydrogens is 472 g/mol. The lowest BCUT2D eigenvalue weighted by Crippen LogP contribution is -2.62. The van der Waals surface area contributed by atoms with E-state index in [9.17, 15) is 23.2 Å². The minimum absolute atomic E-state index is 0.0484. The number of benzene rings is 1. The number of methoxy groups -OCH3 is 1. The van der Waals surface area contributed by atoms with Gasteiger partial charge in [0.25, 0.3) is 11.8 Å². The molecule has 2 aromatic rings. The number of aromatic nitrogens is 1. The molecule has 0 saturated carbocycles. The number of hydrogen-bond donors (Lipinski definition) is 1. The summed E-state index contributed by atoms with van der Waals surface area (Å²) in [6.45, 7) is 0.664. The summed E-state index contributed by atoms with van der Waals surface area (Å²) in [7, 11) is 1.26. The van der Waals surface area contributed by atoms with Gasteiger partial charge >= 0.3 is 0 Å². The van der Waals surface area contributed by atoms with Crippen LogP contribution in [-0.2, 0) is 11.3 Å². The molecule has 2 amide bonds. The summed E-state index contributed by atoms with van der Waals surface area (Å²) in [6.07, 6.45) is 5.79. The van der Waals surface area contributed by atoms with Crippen molar-refractivity contribution in [1.29, 1.82) is 0 Å². The van der Waals surface area contributed by atoms with Crippen molar-refractivity contribution in [1.82, 2.24) is 14.8 Å². The largest absolute Gasteiger partial charge is 0.491 e. The van der Waals surface area contributed by atoms with Crippen molar-refractivity contribution in [3.05, 3.63) is 74.2 Å². The molecule has 3 aliphatic heterocycles. The summed E-state index contributed by atoms with van der Waals surface area (Å²) in [6, 6.07) is 1.80. The fourth-order valence-electron chi connectivity index (χ4n) is 4.95. The molecule has 1 N–H and O–H groups in total. The molecule has 3 aliphatic rings. The number of nitrogens with one attached hydrogen (secondary N) is 1. The summed E-state index contributed by atoms with van der Waals surface area (Å²) in [5.41, 5.74) is -1.66. The first kappa shape index (κ1) is 22.5. The molecule has 2 atom stereocenters. The Hall–Kier alpha value is -3.24. The van der Waals surface area contributed by atoms with E-state index in [0.717, 1.165) is 12.1 Å². The SMILES string of the molecule is COc1c2n(cc(C(=O)NCc3ccc(F)c(Cl)c3F)c1=O)[C@H]1COC[C@]13CC=CCN3C2=O. The van der Waals surface area contributed by atoms with Crippen molar-refractivity contribution in [2.45, 2.75) is 24.5 Å². The van der Waals surface area contributed by atoms with E-state index in [1.54, 1.807) is 9.47 Å². The van der Waals surface area contributed by atoms with E-state index in [4.69, 9.17) is 21.1 Å². The van der Waals surface area contributed by atoms with Gasteiger partial charge in [-0.3, -0.25) is 14.4 Å². The Morgan fingerprint density at radius 2 is 2.12 bits per heavy atom. The van der Waals surface area contributed by atoms with Gasteiger partial charge in [0.15, 0.2) is 11.4 Å². The molecular formula is C23H20ClF2N3O5. The van der Waals surface area contributed by atoms with Crippen molar-refractivity contribution in [3.63, 3.8) is 0 Å². The van der Waals surface area contributed by atoms with Gasteiger partial charge in [0.05, 0.1) is 31.9 Å². The minimum Gasteiger partial charge on any atom is -0.491 e. The Morgan fingerprint density at radius 3 is 2.88 bits per heavy atom. The van der Waals surface area contributed by atoms with E-state index in [-0.39, 0.29) is 47.7 Å². The third-order valence-electron chi connectivity index (χ3n) is 6.69. The first-order valence-electron chi connectivity index (χ1n) is 10.6.